The van der Waals surface area contributed by atoms with Gasteiger partial charge in [-0.25, -0.2) is 0 Å². The minimum atomic E-state index is -0.299. The molecule has 0 bridgehead atoms. The zero-order chi connectivity index (χ0) is 26.1. The van der Waals surface area contributed by atoms with E-state index in [4.69, 9.17) is 10.1 Å². The number of phenols is 1. The van der Waals surface area contributed by atoms with Gasteiger partial charge in [0.2, 0.25) is 0 Å². The first-order chi connectivity index (χ1) is 16.3. The number of benzene rings is 2. The second-order valence-corrected chi connectivity index (χ2v) is 11.9. The number of halogens is 1. The molecule has 0 spiro atoms. The molecule has 198 valence electrons. The molecule has 0 unspecified atom stereocenters. The third kappa shape index (κ3) is 6.31. The number of hydrogen-bond donors (Lipinski definition) is 2. The van der Waals surface area contributed by atoms with Crippen molar-refractivity contribution in [1.82, 2.24) is 4.90 Å². The summed E-state index contributed by atoms with van der Waals surface area (Å²) in [7, 11) is 1.65. The minimum Gasteiger partial charge on any atom is -0.507 e. The van der Waals surface area contributed by atoms with Crippen molar-refractivity contribution in [3.8, 4) is 11.5 Å². The van der Waals surface area contributed by atoms with E-state index in [1.807, 2.05) is 82.8 Å². The van der Waals surface area contributed by atoms with E-state index in [1.165, 1.54) is 0 Å². The van der Waals surface area contributed by atoms with Gasteiger partial charge < -0.3 is 14.7 Å². The maximum absolute atomic E-state index is 13.6. The summed E-state index contributed by atoms with van der Waals surface area (Å²) in [6.07, 6.45) is 2.04. The van der Waals surface area contributed by atoms with Crippen molar-refractivity contribution >= 4 is 28.6 Å². The average molecular weight is 560 g/mol. The van der Waals surface area contributed by atoms with Gasteiger partial charge in [-0.15, -0.1) is 17.0 Å². The minimum absolute atomic E-state index is 0. The highest BCUT2D eigenvalue weighted by atomic mass is 79.9. The lowest BCUT2D eigenvalue weighted by Gasteiger charge is -2.28. The Morgan fingerprint density at radius 3 is 2.03 bits per heavy atom. The van der Waals surface area contributed by atoms with Gasteiger partial charge in [0.05, 0.1) is 13.7 Å². The fourth-order valence-electron chi connectivity index (χ4n) is 5.13. The van der Waals surface area contributed by atoms with E-state index in [2.05, 4.69) is 6.92 Å². The van der Waals surface area contributed by atoms with Crippen LogP contribution in [0.3, 0.4) is 0 Å². The monoisotopic (exact) mass is 558 g/mol. The molecule has 1 aliphatic rings. The summed E-state index contributed by atoms with van der Waals surface area (Å²) in [5, 5.41) is 20.0. The number of aromatic hydroxyl groups is 1. The normalized spacial score (nSPS) is 18.2. The molecule has 0 amide bonds. The predicted octanol–water partition coefficient (Wildman–Crippen LogP) is 7.25. The van der Waals surface area contributed by atoms with E-state index in [1.54, 1.807) is 7.11 Å². The first kappa shape index (κ1) is 29.9. The number of methoxy groups -OCH3 is 1. The molecule has 6 heteroatoms. The Morgan fingerprint density at radius 2 is 1.58 bits per heavy atom. The number of ether oxygens (including phenoxy) is 1. The van der Waals surface area contributed by atoms with Gasteiger partial charge in [0.25, 0.3) is 0 Å². The topological polar surface area (TPSA) is 73.6 Å². The van der Waals surface area contributed by atoms with Crippen LogP contribution in [0.25, 0.3) is 0 Å². The van der Waals surface area contributed by atoms with Crippen LogP contribution in [0.15, 0.2) is 36.4 Å². The summed E-state index contributed by atoms with van der Waals surface area (Å²) in [6.45, 7) is 15.3. The Labute approximate surface area is 227 Å². The van der Waals surface area contributed by atoms with Gasteiger partial charge in [-0.3, -0.25) is 10.2 Å². The average Bonchev–Trinajstić information content (AvgIpc) is 3.07. The van der Waals surface area contributed by atoms with Gasteiger partial charge in [0.1, 0.15) is 17.3 Å². The van der Waals surface area contributed by atoms with E-state index < -0.39 is 0 Å². The number of nitrogens with one attached hydrogen (secondary N) is 1. The number of carbonyl (C=O) groups excluding carboxylic acids is 1. The highest BCUT2D eigenvalue weighted by Crippen LogP contribution is 2.41. The quantitative estimate of drug-likeness (QED) is 0.351. The van der Waals surface area contributed by atoms with Gasteiger partial charge in [-0.1, -0.05) is 67.0 Å². The van der Waals surface area contributed by atoms with Crippen LogP contribution in [-0.4, -0.2) is 41.8 Å². The highest BCUT2D eigenvalue weighted by molar-refractivity contribution is 8.93. The number of likely N-dealkylation sites (tertiary alicyclic amines) is 1. The molecule has 36 heavy (non-hydrogen) atoms. The molecule has 1 heterocycles. The van der Waals surface area contributed by atoms with Crippen molar-refractivity contribution in [3.63, 3.8) is 0 Å². The molecular weight excluding hydrogens is 516 g/mol. The molecule has 0 aliphatic carbocycles. The number of ketones is 1. The lowest BCUT2D eigenvalue weighted by atomic mass is 9.78. The molecule has 2 N–H and O–H groups in total. The van der Waals surface area contributed by atoms with E-state index in [0.29, 0.717) is 23.9 Å². The highest BCUT2D eigenvalue weighted by Gasteiger charge is 2.39. The second-order valence-electron chi connectivity index (χ2n) is 11.9. The van der Waals surface area contributed by atoms with Crippen molar-refractivity contribution in [2.75, 3.05) is 20.2 Å². The first-order valence-electron chi connectivity index (χ1n) is 12.7. The molecular formula is C30H43BrN2O3. The standard InChI is InChI=1S/C30H42N2O3.BrH/c1-9-10-20-17-32(28(31)26(20)19-11-13-22(35-8)14-12-19)18-25(33)21-15-23(29(2,3)4)27(34)24(16-21)30(5,6)7;/h11-16,20,26,31,34H,9-10,17-18H2,1-8H3;1H/t20-,26+;/m0./s1. The maximum atomic E-state index is 13.6. The molecule has 0 radical (unpaired) electrons. The Balaban J connectivity index is 0.00000456. The van der Waals surface area contributed by atoms with Gasteiger partial charge in [0.15, 0.2) is 5.78 Å². The maximum Gasteiger partial charge on any atom is 0.182 e. The number of carbonyl (C=O) groups is 1. The van der Waals surface area contributed by atoms with Gasteiger partial charge in [-0.05, 0) is 53.0 Å². The van der Waals surface area contributed by atoms with E-state index in [-0.39, 0.29) is 51.8 Å². The fourth-order valence-corrected chi connectivity index (χ4v) is 5.13. The summed E-state index contributed by atoms with van der Waals surface area (Å²) in [5.74, 6) is 1.84. The molecule has 5 nitrogen and oxygen atoms in total. The largest absolute Gasteiger partial charge is 0.507 e. The second kappa shape index (κ2) is 11.4. The Kier molecular flexibility index (Phi) is 9.44. The zero-order valence-corrected chi connectivity index (χ0v) is 24.8. The fraction of sp³-hybridized carbons (Fsp3) is 0.533. The number of amidine groups is 1. The van der Waals surface area contributed by atoms with Crippen LogP contribution in [0.1, 0.15) is 94.3 Å². The van der Waals surface area contributed by atoms with Crippen molar-refractivity contribution in [2.45, 2.75) is 78.1 Å². The van der Waals surface area contributed by atoms with E-state index >= 15 is 0 Å². The smallest absolute Gasteiger partial charge is 0.182 e. The molecule has 2 aromatic carbocycles. The molecule has 1 aliphatic heterocycles. The number of nitrogens with zero attached hydrogens (tertiary/aromatic N) is 1. The van der Waals surface area contributed by atoms with Gasteiger partial charge >= 0.3 is 0 Å². The van der Waals surface area contributed by atoms with Crippen molar-refractivity contribution < 1.29 is 14.6 Å². The van der Waals surface area contributed by atoms with Crippen LogP contribution in [0, 0.1) is 11.3 Å². The van der Waals surface area contributed by atoms with Crippen molar-refractivity contribution in [1.29, 1.82) is 5.41 Å². The third-order valence-electron chi connectivity index (χ3n) is 7.08. The summed E-state index contributed by atoms with van der Waals surface area (Å²) < 4.78 is 5.30. The lowest BCUT2D eigenvalue weighted by Crippen LogP contribution is -2.32. The number of rotatable bonds is 7. The third-order valence-corrected chi connectivity index (χ3v) is 7.08. The van der Waals surface area contributed by atoms with Crippen molar-refractivity contribution in [3.05, 3.63) is 58.7 Å². The summed E-state index contributed by atoms with van der Waals surface area (Å²) >= 11 is 0. The summed E-state index contributed by atoms with van der Waals surface area (Å²) in [5.41, 5.74) is 2.66. The van der Waals surface area contributed by atoms with Crippen LogP contribution in [-0.2, 0) is 10.8 Å². The lowest BCUT2D eigenvalue weighted by molar-refractivity contribution is 0.0963. The Morgan fingerprint density at radius 1 is 1.06 bits per heavy atom. The Bertz CT molecular complexity index is 1050. The number of Topliss-reactive ketones (excluding diaryl/α,β-unsaturated/α-hetero) is 1. The van der Waals surface area contributed by atoms with E-state index in [0.717, 1.165) is 35.3 Å². The van der Waals surface area contributed by atoms with E-state index in [9.17, 15) is 9.90 Å². The summed E-state index contributed by atoms with van der Waals surface area (Å²) in [4.78, 5) is 15.5. The van der Waals surface area contributed by atoms with Crippen molar-refractivity contribution in [2.24, 2.45) is 5.92 Å². The predicted molar refractivity (Wildman–Crippen MR) is 154 cm³/mol. The van der Waals surface area contributed by atoms with Crippen LogP contribution in [0.5, 0.6) is 11.5 Å². The number of phenolic OH excluding ortho intramolecular Hbond substituents is 1. The molecule has 3 rings (SSSR count). The van der Waals surface area contributed by atoms with Crippen LogP contribution in [0.2, 0.25) is 0 Å². The molecule has 0 saturated carbocycles. The van der Waals surface area contributed by atoms with Crippen LogP contribution in [0.4, 0.5) is 0 Å². The molecule has 2 aromatic rings. The van der Waals surface area contributed by atoms with Gasteiger partial charge in [-0.2, -0.15) is 0 Å². The molecule has 1 fully saturated rings. The first-order valence-corrected chi connectivity index (χ1v) is 12.7. The Hall–Kier alpha value is -2.34. The molecule has 0 aromatic heterocycles. The molecule has 2 atom stereocenters. The van der Waals surface area contributed by atoms with Crippen LogP contribution < -0.4 is 4.74 Å². The van der Waals surface area contributed by atoms with Gasteiger partial charge in [0, 0.05) is 29.2 Å². The summed E-state index contributed by atoms with van der Waals surface area (Å²) in [6, 6.07) is 11.7. The SMILES string of the molecule is Br.CCC[C@H]1CN(CC(=O)c2cc(C(C)(C)C)c(O)c(C(C)(C)C)c2)C(=N)[C@@H]1c1ccc(OC)cc1. The number of hydrogen-bond acceptors (Lipinski definition) is 4. The van der Waals surface area contributed by atoms with Crippen LogP contribution >= 0.6 is 17.0 Å². The zero-order valence-electron chi connectivity index (χ0n) is 23.1. The molecule has 1 saturated heterocycles.